The Labute approximate surface area is 159 Å². The summed E-state index contributed by atoms with van der Waals surface area (Å²) in [7, 11) is 1.84. The number of rotatable bonds is 5. The summed E-state index contributed by atoms with van der Waals surface area (Å²) in [5.74, 6) is -0.935. The summed E-state index contributed by atoms with van der Waals surface area (Å²) in [5.41, 5.74) is 2.99. The summed E-state index contributed by atoms with van der Waals surface area (Å²) in [6.07, 6.45) is 0.432. The van der Waals surface area contributed by atoms with Crippen molar-refractivity contribution >= 4 is 52.2 Å². The lowest BCUT2D eigenvalue weighted by atomic mass is 10.00. The van der Waals surface area contributed by atoms with E-state index in [9.17, 15) is 14.4 Å². The molecule has 26 heavy (non-hydrogen) atoms. The molecule has 2 aromatic rings. The molecule has 0 saturated carbocycles. The Kier molecular flexibility index (Phi) is 4.85. The quantitative estimate of drug-likeness (QED) is 0.596. The molecule has 1 aromatic carbocycles. The summed E-state index contributed by atoms with van der Waals surface area (Å²) in [6, 6.07) is 4.75. The molecule has 1 fully saturated rings. The summed E-state index contributed by atoms with van der Waals surface area (Å²) in [6.45, 7) is 3.41. The van der Waals surface area contributed by atoms with Crippen LogP contribution in [0, 0.1) is 0 Å². The monoisotopic (exact) mass is 395 g/mol. The minimum atomic E-state index is -0.992. The summed E-state index contributed by atoms with van der Waals surface area (Å²) < 4.78 is 1.85. The number of imidazole rings is 1. The van der Waals surface area contributed by atoms with Crippen molar-refractivity contribution in [2.75, 3.05) is 5.75 Å². The zero-order chi connectivity index (χ0) is 19.1. The smallest absolute Gasteiger partial charge is 0.322 e. The third-order valence-electron chi connectivity index (χ3n) is 4.34. The molecule has 2 heterocycles. The second-order valence-corrected chi connectivity index (χ2v) is 7.55. The molecule has 0 bridgehead atoms. The van der Waals surface area contributed by atoms with Crippen molar-refractivity contribution in [2.24, 2.45) is 7.05 Å². The lowest BCUT2D eigenvalue weighted by Gasteiger charge is -2.19. The molecule has 0 spiro atoms. The standard InChI is InChI=1S/C16H18ClN5O3S/c1-4-16(2)13(24)22(14(25)19-16)20-12(23)8-26-15-18-10-7-9(17)5-6-11(10)21(15)3/h5-7H,4,8H2,1-3H3,(H,19,25)(H,20,23). The Bertz CT molecular complexity index is 915. The van der Waals surface area contributed by atoms with Crippen molar-refractivity contribution in [3.05, 3.63) is 23.2 Å². The van der Waals surface area contributed by atoms with Crippen molar-refractivity contribution in [2.45, 2.75) is 31.0 Å². The highest BCUT2D eigenvalue weighted by Crippen LogP contribution is 2.25. The lowest BCUT2D eigenvalue weighted by Crippen LogP contribution is -2.49. The van der Waals surface area contributed by atoms with Gasteiger partial charge in [0.25, 0.3) is 5.91 Å². The zero-order valence-electron chi connectivity index (χ0n) is 14.5. The molecule has 8 nitrogen and oxygen atoms in total. The molecule has 3 rings (SSSR count). The number of carbonyl (C=O) groups excluding carboxylic acids is 3. The topological polar surface area (TPSA) is 96.3 Å². The Morgan fingerprint density at radius 2 is 2.15 bits per heavy atom. The number of aryl methyl sites for hydroxylation is 1. The van der Waals surface area contributed by atoms with E-state index in [0.29, 0.717) is 16.6 Å². The van der Waals surface area contributed by atoms with Gasteiger partial charge in [-0.3, -0.25) is 15.0 Å². The highest BCUT2D eigenvalue weighted by Gasteiger charge is 2.47. The number of hydrazine groups is 1. The maximum Gasteiger partial charge on any atom is 0.344 e. The Hall–Kier alpha value is -2.26. The van der Waals surface area contributed by atoms with Gasteiger partial charge >= 0.3 is 6.03 Å². The zero-order valence-corrected chi connectivity index (χ0v) is 16.1. The van der Waals surface area contributed by atoms with Gasteiger partial charge in [-0.25, -0.2) is 9.78 Å². The van der Waals surface area contributed by atoms with Gasteiger partial charge in [0.1, 0.15) is 5.54 Å². The molecule has 1 aromatic heterocycles. The van der Waals surface area contributed by atoms with Crippen LogP contribution < -0.4 is 10.7 Å². The summed E-state index contributed by atoms with van der Waals surface area (Å²) in [4.78, 5) is 40.8. The molecule has 0 aliphatic carbocycles. The van der Waals surface area contributed by atoms with Crippen LogP contribution in [0.3, 0.4) is 0 Å². The second kappa shape index (κ2) is 6.81. The van der Waals surface area contributed by atoms with Crippen LogP contribution in [0.15, 0.2) is 23.4 Å². The fourth-order valence-electron chi connectivity index (χ4n) is 2.59. The first-order valence-corrected chi connectivity index (χ1v) is 9.32. The van der Waals surface area contributed by atoms with Crippen LogP contribution in [0.25, 0.3) is 11.0 Å². The van der Waals surface area contributed by atoms with Crippen LogP contribution in [-0.2, 0) is 16.6 Å². The number of hydrogen-bond donors (Lipinski definition) is 2. The minimum absolute atomic E-state index is 0.00476. The van der Waals surface area contributed by atoms with E-state index in [0.717, 1.165) is 16.0 Å². The van der Waals surface area contributed by atoms with E-state index >= 15 is 0 Å². The number of nitrogens with zero attached hydrogens (tertiary/aromatic N) is 3. The van der Waals surface area contributed by atoms with Crippen LogP contribution in [0.1, 0.15) is 20.3 Å². The highest BCUT2D eigenvalue weighted by molar-refractivity contribution is 7.99. The number of urea groups is 1. The van der Waals surface area contributed by atoms with Crippen LogP contribution in [0.5, 0.6) is 0 Å². The van der Waals surface area contributed by atoms with E-state index in [1.807, 2.05) is 17.7 Å². The molecule has 0 radical (unpaired) electrons. The molecule has 10 heteroatoms. The van der Waals surface area contributed by atoms with Crippen molar-refractivity contribution < 1.29 is 14.4 Å². The molecule has 4 amide bonds. The number of fused-ring (bicyclic) bond motifs is 1. The molecule has 1 saturated heterocycles. The van der Waals surface area contributed by atoms with E-state index in [1.165, 1.54) is 11.8 Å². The Morgan fingerprint density at radius 3 is 2.81 bits per heavy atom. The van der Waals surface area contributed by atoms with E-state index in [4.69, 9.17) is 11.6 Å². The van der Waals surface area contributed by atoms with Gasteiger partial charge in [0.2, 0.25) is 5.91 Å². The summed E-state index contributed by atoms with van der Waals surface area (Å²) in [5, 5.41) is 4.53. The van der Waals surface area contributed by atoms with Crippen LogP contribution in [0.2, 0.25) is 5.02 Å². The number of hydrogen-bond acceptors (Lipinski definition) is 5. The fraction of sp³-hybridized carbons (Fsp3) is 0.375. The first kappa shape index (κ1) is 18.5. The van der Waals surface area contributed by atoms with Gasteiger partial charge in [-0.2, -0.15) is 5.01 Å². The predicted octanol–water partition coefficient (Wildman–Crippen LogP) is 2.07. The van der Waals surface area contributed by atoms with Gasteiger partial charge in [0.15, 0.2) is 5.16 Å². The van der Waals surface area contributed by atoms with Crippen LogP contribution in [-0.4, -0.2) is 43.7 Å². The van der Waals surface area contributed by atoms with Gasteiger partial charge in [0, 0.05) is 12.1 Å². The molecule has 138 valence electrons. The SMILES string of the molecule is CCC1(C)NC(=O)N(NC(=O)CSc2nc3cc(Cl)ccc3n2C)C1=O. The Morgan fingerprint density at radius 1 is 1.42 bits per heavy atom. The van der Waals surface area contributed by atoms with E-state index in [2.05, 4.69) is 15.7 Å². The van der Waals surface area contributed by atoms with Crippen molar-refractivity contribution in [1.29, 1.82) is 0 Å². The highest BCUT2D eigenvalue weighted by atomic mass is 35.5. The number of carbonyl (C=O) groups is 3. The molecular weight excluding hydrogens is 378 g/mol. The largest absolute Gasteiger partial charge is 0.344 e. The number of benzene rings is 1. The van der Waals surface area contributed by atoms with Gasteiger partial charge in [-0.15, -0.1) is 0 Å². The van der Waals surface area contributed by atoms with Gasteiger partial charge in [0.05, 0.1) is 16.8 Å². The number of nitrogens with one attached hydrogen (secondary N) is 2. The molecule has 1 aliphatic heterocycles. The number of halogens is 1. The van der Waals surface area contributed by atoms with Gasteiger partial charge in [-0.1, -0.05) is 30.3 Å². The van der Waals surface area contributed by atoms with Crippen molar-refractivity contribution in [3.8, 4) is 0 Å². The van der Waals surface area contributed by atoms with Crippen LogP contribution >= 0.6 is 23.4 Å². The minimum Gasteiger partial charge on any atom is -0.322 e. The third kappa shape index (κ3) is 3.24. The maximum atomic E-state index is 12.3. The average molecular weight is 396 g/mol. The van der Waals surface area contributed by atoms with Crippen molar-refractivity contribution in [1.82, 2.24) is 25.3 Å². The molecular formula is C16H18ClN5O3S. The van der Waals surface area contributed by atoms with E-state index < -0.39 is 23.4 Å². The average Bonchev–Trinajstić information content (AvgIpc) is 3.02. The second-order valence-electron chi connectivity index (χ2n) is 6.17. The number of thioether (sulfide) groups is 1. The van der Waals surface area contributed by atoms with Gasteiger partial charge in [-0.05, 0) is 31.5 Å². The fourth-order valence-corrected chi connectivity index (χ4v) is 3.54. The lowest BCUT2D eigenvalue weighted by molar-refractivity contribution is -0.137. The molecule has 1 aliphatic rings. The number of imide groups is 1. The predicted molar refractivity (Wildman–Crippen MR) is 98.7 cm³/mol. The number of aromatic nitrogens is 2. The van der Waals surface area contributed by atoms with Gasteiger partial charge < -0.3 is 9.88 Å². The maximum absolute atomic E-state index is 12.3. The normalized spacial score (nSPS) is 19.9. The first-order valence-electron chi connectivity index (χ1n) is 7.96. The molecule has 1 unspecified atom stereocenters. The Balaban J connectivity index is 1.66. The van der Waals surface area contributed by atoms with E-state index in [1.54, 1.807) is 26.0 Å². The third-order valence-corrected chi connectivity index (χ3v) is 5.60. The summed E-state index contributed by atoms with van der Waals surface area (Å²) >= 11 is 7.18. The van der Waals surface area contributed by atoms with Crippen molar-refractivity contribution in [3.63, 3.8) is 0 Å². The first-order chi connectivity index (χ1) is 12.2. The molecule has 1 atom stereocenters. The van der Waals surface area contributed by atoms with E-state index in [-0.39, 0.29) is 5.75 Å². The molecule has 2 N–H and O–H groups in total. The van der Waals surface area contributed by atoms with Crippen LogP contribution in [0.4, 0.5) is 4.79 Å². The number of amides is 4.